The van der Waals surface area contributed by atoms with Gasteiger partial charge in [-0.15, -0.1) is 11.3 Å². The Bertz CT molecular complexity index is 9910. The molecule has 133 heavy (non-hydrogen) atoms. The summed E-state index contributed by atoms with van der Waals surface area (Å²) in [6.07, 6.45) is 0. The topological polar surface area (TPSA) is 142 Å². The summed E-state index contributed by atoms with van der Waals surface area (Å²) in [5.74, 6) is 4.92. The Hall–Kier alpha value is -17.7. The molecule has 0 saturated carbocycles. The lowest BCUT2D eigenvalue weighted by atomic mass is 9.93. The van der Waals surface area contributed by atoms with Crippen LogP contribution in [0.3, 0.4) is 0 Å². The van der Waals surface area contributed by atoms with Crippen LogP contribution in [0.4, 0.5) is 0 Å². The molecular formula is C121H67N9O2S. The van der Waals surface area contributed by atoms with Crippen molar-refractivity contribution in [3.8, 4) is 125 Å². The monoisotopic (exact) mass is 1710 g/mol. The zero-order valence-corrected chi connectivity index (χ0v) is 71.7. The van der Waals surface area contributed by atoms with E-state index in [1.165, 1.54) is 63.3 Å². The highest BCUT2D eigenvalue weighted by Gasteiger charge is 2.27. The van der Waals surface area contributed by atoms with E-state index in [9.17, 15) is 0 Å². The molecule has 0 amide bonds. The van der Waals surface area contributed by atoms with Crippen LogP contribution in [-0.4, -0.2) is 44.9 Å². The number of para-hydroxylation sites is 2. The van der Waals surface area contributed by atoms with Crippen LogP contribution < -0.4 is 0 Å². The molecule has 0 aliphatic carbocycles. The van der Waals surface area contributed by atoms with Crippen LogP contribution in [0.15, 0.2) is 415 Å². The van der Waals surface area contributed by atoms with Crippen LogP contribution in [0.1, 0.15) is 0 Å². The fourth-order valence-corrected chi connectivity index (χ4v) is 21.5. The van der Waals surface area contributed by atoms with Crippen molar-refractivity contribution in [3.05, 3.63) is 406 Å². The molecule has 11 nitrogen and oxygen atoms in total. The van der Waals surface area contributed by atoms with Crippen molar-refractivity contribution in [2.24, 2.45) is 0 Å². The van der Waals surface area contributed by atoms with Gasteiger partial charge in [0.25, 0.3) is 0 Å². The van der Waals surface area contributed by atoms with E-state index in [4.69, 9.17) is 53.7 Å². The first-order valence-electron chi connectivity index (χ1n) is 44.7. The van der Waals surface area contributed by atoms with Gasteiger partial charge in [-0.1, -0.05) is 309 Å². The Morgan fingerprint density at radius 1 is 0.150 bits per heavy atom. The molecule has 0 aliphatic rings. The second kappa shape index (κ2) is 29.4. The van der Waals surface area contributed by atoms with Gasteiger partial charge in [0.15, 0.2) is 52.4 Å². The molecule has 22 aromatic carbocycles. The summed E-state index contributed by atoms with van der Waals surface area (Å²) >= 11 is 1.80. The summed E-state index contributed by atoms with van der Waals surface area (Å²) in [6, 6.07) is 144. The number of furan rings is 2. The number of benzene rings is 22. The summed E-state index contributed by atoms with van der Waals surface area (Å²) in [7, 11) is 0. The van der Waals surface area contributed by atoms with Gasteiger partial charge in [0.05, 0.1) is 5.56 Å². The molecule has 0 bridgehead atoms. The standard InChI is InChI=1S/C121H67N9O2S/c1-2-20-71(21-3-1)113-122-115(125-119(123-113)84-45-58-109-103(65-84)100-28-12-15-32-108(100)133-109)81-42-47-91-78(62-81)41-55-97-88-46-37-73(59-75(88)38-54-98(91)97)85-66-104-99-27-10-13-30-106(99)131-111(104)105(67-85)121-129-114(124-118(130-121)83-44-49-90-77(64-83)40-53-94-87-26-9-7-19-70(87)36-51-96(90)94)79-24-16-23-74(61-79)92-56-57-102(110-101-29-11-14-31-107(101)132-112(92)110)120-127-116(80-34-33-68-17-4-5-22-72(68)60-80)126-117(128-120)82-43-48-89-76(63-82)39-52-93-86-25-8-6-18-69(86)35-50-95(89)93/h1-67H. The van der Waals surface area contributed by atoms with Gasteiger partial charge < -0.3 is 8.83 Å². The molecule has 0 radical (unpaired) electrons. The molecule has 12 heteroatoms. The lowest BCUT2D eigenvalue weighted by Gasteiger charge is -2.13. The SMILES string of the molecule is c1ccc(-c2nc(-c3ccc4c(ccc5c6ccc(-c7cc(-c8nc(-c9cccc(-c%10ccc(-c%11nc(-c%12ccc%13ccccc%13c%12)nc(-c%12ccc%13c(ccc%14c%15ccccc%15ccc%13%14)c%12)n%11)c%11c%10oc%10ccccc%10%11)c9)nc(-c9ccc%10c(ccc%11c%12ccccc%12ccc%10%11)c9)n8)c8oc9ccccc9c8c7)cc6ccc45)c3)nc(-c3ccc4sc5ccccc5c4c3)n2)cc1. The second-order valence-electron chi connectivity index (χ2n) is 34.6. The Kier molecular flexibility index (Phi) is 16.5. The van der Waals surface area contributed by atoms with Crippen molar-refractivity contribution in [3.63, 3.8) is 0 Å². The molecule has 0 atom stereocenters. The van der Waals surface area contributed by atoms with Gasteiger partial charge in [0, 0.05) is 91.8 Å². The van der Waals surface area contributed by atoms with E-state index < -0.39 is 0 Å². The summed E-state index contributed by atoms with van der Waals surface area (Å²) in [5, 5.41) is 29.2. The van der Waals surface area contributed by atoms with Crippen molar-refractivity contribution < 1.29 is 8.83 Å². The number of nitrogens with zero attached hydrogens (tertiary/aromatic N) is 9. The minimum Gasteiger partial charge on any atom is -0.455 e. The quantitative estimate of drug-likeness (QED) is 0.114. The number of rotatable bonds is 11. The summed E-state index contributed by atoms with van der Waals surface area (Å²) in [5.41, 5.74) is 14.2. The molecule has 6 heterocycles. The Balaban J connectivity index is 0.575. The van der Waals surface area contributed by atoms with Crippen molar-refractivity contribution >= 4 is 183 Å². The Morgan fingerprint density at radius 3 is 1.07 bits per heavy atom. The predicted octanol–water partition coefficient (Wildman–Crippen LogP) is 32.3. The highest BCUT2D eigenvalue weighted by molar-refractivity contribution is 7.25. The highest BCUT2D eigenvalue weighted by atomic mass is 32.1. The van der Waals surface area contributed by atoms with E-state index in [0.717, 1.165) is 170 Å². The minimum atomic E-state index is 0.454. The third kappa shape index (κ3) is 12.2. The van der Waals surface area contributed by atoms with Crippen LogP contribution in [0.2, 0.25) is 0 Å². The average molecular weight is 1710 g/mol. The largest absolute Gasteiger partial charge is 0.455 e. The molecule has 0 N–H and O–H groups in total. The molecule has 0 unspecified atom stereocenters. The van der Waals surface area contributed by atoms with Gasteiger partial charge in [-0.2, -0.15) is 0 Å². The molecule has 0 spiro atoms. The van der Waals surface area contributed by atoms with Gasteiger partial charge in [0.1, 0.15) is 22.3 Å². The fraction of sp³-hybridized carbons (Fsp3) is 0. The Morgan fingerprint density at radius 2 is 0.496 bits per heavy atom. The molecule has 6 aromatic heterocycles. The first kappa shape index (κ1) is 74.4. The maximum atomic E-state index is 7.17. The third-order valence-electron chi connectivity index (χ3n) is 26.9. The van der Waals surface area contributed by atoms with Crippen LogP contribution in [0, 0.1) is 0 Å². The number of aromatic nitrogens is 9. The van der Waals surface area contributed by atoms with E-state index in [-0.39, 0.29) is 0 Å². The maximum absolute atomic E-state index is 7.17. The molecule has 0 aliphatic heterocycles. The van der Waals surface area contributed by atoms with Crippen LogP contribution in [-0.2, 0) is 0 Å². The molecule has 28 rings (SSSR count). The van der Waals surface area contributed by atoms with Crippen molar-refractivity contribution in [1.29, 1.82) is 0 Å². The average Bonchev–Trinajstić information content (AvgIpc) is 1.67. The zero-order valence-electron chi connectivity index (χ0n) is 70.9. The molecule has 28 aromatic rings. The van der Waals surface area contributed by atoms with Gasteiger partial charge >= 0.3 is 0 Å². The number of hydrogen-bond donors (Lipinski definition) is 0. The van der Waals surface area contributed by atoms with E-state index in [1.54, 1.807) is 11.3 Å². The molecule has 614 valence electrons. The van der Waals surface area contributed by atoms with Crippen molar-refractivity contribution in [1.82, 2.24) is 44.9 Å². The normalized spacial score (nSPS) is 12.1. The highest BCUT2D eigenvalue weighted by Crippen LogP contribution is 2.48. The van der Waals surface area contributed by atoms with Crippen molar-refractivity contribution in [2.75, 3.05) is 0 Å². The summed E-state index contributed by atoms with van der Waals surface area (Å²) < 4.78 is 16.7. The van der Waals surface area contributed by atoms with E-state index in [1.807, 2.05) is 42.5 Å². The lowest BCUT2D eigenvalue weighted by molar-refractivity contribution is 0.669. The summed E-state index contributed by atoms with van der Waals surface area (Å²) in [6.45, 7) is 0. The maximum Gasteiger partial charge on any atom is 0.167 e. The zero-order chi connectivity index (χ0) is 87.0. The smallest absolute Gasteiger partial charge is 0.167 e. The lowest BCUT2D eigenvalue weighted by Crippen LogP contribution is -2.01. The number of fused-ring (bicyclic) bond motifs is 25. The van der Waals surface area contributed by atoms with Gasteiger partial charge in [-0.3, -0.25) is 0 Å². The second-order valence-corrected chi connectivity index (χ2v) is 35.6. The Labute approximate surface area is 762 Å². The fourth-order valence-electron chi connectivity index (χ4n) is 20.4. The van der Waals surface area contributed by atoms with Crippen LogP contribution in [0.5, 0.6) is 0 Å². The molecule has 0 saturated heterocycles. The first-order valence-corrected chi connectivity index (χ1v) is 45.5. The van der Waals surface area contributed by atoms with Crippen molar-refractivity contribution in [2.45, 2.75) is 0 Å². The number of hydrogen-bond acceptors (Lipinski definition) is 12. The predicted molar refractivity (Wildman–Crippen MR) is 549 cm³/mol. The van der Waals surface area contributed by atoms with Crippen LogP contribution >= 0.6 is 11.3 Å². The number of thiophene rings is 1. The van der Waals surface area contributed by atoms with Crippen LogP contribution in [0.25, 0.3) is 297 Å². The summed E-state index contributed by atoms with van der Waals surface area (Å²) in [4.78, 5) is 48.7. The van der Waals surface area contributed by atoms with E-state index >= 15 is 0 Å². The first-order chi connectivity index (χ1) is 65.8. The molecular weight excluding hydrogens is 1640 g/mol. The third-order valence-corrected chi connectivity index (χ3v) is 28.1. The minimum absolute atomic E-state index is 0.454. The van der Waals surface area contributed by atoms with Gasteiger partial charge in [0.2, 0.25) is 0 Å². The van der Waals surface area contributed by atoms with Gasteiger partial charge in [-0.25, -0.2) is 44.9 Å². The molecule has 0 fully saturated rings. The van der Waals surface area contributed by atoms with E-state index in [0.29, 0.717) is 63.6 Å². The van der Waals surface area contributed by atoms with Gasteiger partial charge in [-0.05, 0) is 221 Å². The van der Waals surface area contributed by atoms with E-state index in [2.05, 4.69) is 364 Å².